The Morgan fingerprint density at radius 2 is 1.59 bits per heavy atom. The van der Waals surface area contributed by atoms with Crippen molar-refractivity contribution in [3.8, 4) is 0 Å². The predicted octanol–water partition coefficient (Wildman–Crippen LogP) is 3.22. The lowest BCUT2D eigenvalue weighted by molar-refractivity contribution is -0.302. The quantitative estimate of drug-likeness (QED) is 0.865. The Hall–Kier alpha value is -0.160. The van der Waals surface area contributed by atoms with E-state index in [9.17, 15) is 5.11 Å². The van der Waals surface area contributed by atoms with Gasteiger partial charge in [-0.1, -0.05) is 41.5 Å². The highest BCUT2D eigenvalue weighted by Crippen LogP contribution is 2.37. The van der Waals surface area contributed by atoms with Gasteiger partial charge in [0.15, 0.2) is 6.29 Å². The summed E-state index contributed by atoms with van der Waals surface area (Å²) in [5.41, 5.74) is 0. The number of hydrogen-bond acceptors (Lipinski definition) is 4. The van der Waals surface area contributed by atoms with Crippen molar-refractivity contribution in [2.45, 2.75) is 85.1 Å². The first-order valence-electron chi connectivity index (χ1n) is 9.01. The average molecular weight is 314 g/mol. The molecule has 0 spiro atoms. The molecule has 0 aromatic heterocycles. The van der Waals surface area contributed by atoms with Crippen LogP contribution in [-0.2, 0) is 14.2 Å². The van der Waals surface area contributed by atoms with E-state index in [-0.39, 0.29) is 36.4 Å². The van der Waals surface area contributed by atoms with E-state index in [0.717, 1.165) is 19.4 Å². The third kappa shape index (κ3) is 3.50. The van der Waals surface area contributed by atoms with Gasteiger partial charge in [0.25, 0.3) is 0 Å². The zero-order valence-electron chi connectivity index (χ0n) is 15.0. The van der Waals surface area contributed by atoms with Gasteiger partial charge in [0.05, 0.1) is 24.4 Å². The minimum Gasteiger partial charge on any atom is -0.390 e. The fourth-order valence-corrected chi connectivity index (χ4v) is 3.67. The molecule has 0 radical (unpaired) electrons. The van der Waals surface area contributed by atoms with Gasteiger partial charge in [0.1, 0.15) is 0 Å². The number of hydrogen-bond donors (Lipinski definition) is 1. The maximum absolute atomic E-state index is 10.3. The SMILES string of the molecule is CCC1O[C@@H](O[C@H]2C(CC)OCC(C)[C@H]2C)C(C)[C@@H](C)[C@H]1O. The van der Waals surface area contributed by atoms with E-state index in [1.54, 1.807) is 0 Å². The molecule has 2 saturated heterocycles. The molecule has 22 heavy (non-hydrogen) atoms. The topological polar surface area (TPSA) is 47.9 Å². The largest absolute Gasteiger partial charge is 0.390 e. The smallest absolute Gasteiger partial charge is 0.161 e. The molecule has 2 fully saturated rings. The Balaban J connectivity index is 2.09. The molecule has 2 rings (SSSR count). The molecule has 4 heteroatoms. The molecule has 2 aliphatic heterocycles. The molecule has 0 bridgehead atoms. The van der Waals surface area contributed by atoms with Gasteiger partial charge in [-0.05, 0) is 30.6 Å². The Labute approximate surface area is 135 Å². The minimum atomic E-state index is -0.402. The van der Waals surface area contributed by atoms with Gasteiger partial charge in [-0.2, -0.15) is 0 Å². The molecule has 0 amide bonds. The van der Waals surface area contributed by atoms with E-state index in [0.29, 0.717) is 11.8 Å². The van der Waals surface area contributed by atoms with E-state index in [1.807, 2.05) is 0 Å². The van der Waals surface area contributed by atoms with Gasteiger partial charge in [-0.15, -0.1) is 0 Å². The Morgan fingerprint density at radius 3 is 2.18 bits per heavy atom. The molecular formula is C18H34O4. The van der Waals surface area contributed by atoms with Gasteiger partial charge >= 0.3 is 0 Å². The summed E-state index contributed by atoms with van der Waals surface area (Å²) in [6.07, 6.45) is 1.19. The predicted molar refractivity (Wildman–Crippen MR) is 86.5 cm³/mol. The molecule has 2 heterocycles. The summed E-state index contributed by atoms with van der Waals surface area (Å²) < 4.78 is 18.5. The molecule has 0 saturated carbocycles. The second-order valence-corrected chi connectivity index (χ2v) is 7.38. The molecule has 4 unspecified atom stereocenters. The molecule has 1 N–H and O–H groups in total. The maximum atomic E-state index is 10.3. The summed E-state index contributed by atoms with van der Waals surface area (Å²) in [5.74, 6) is 1.31. The Kier molecular flexibility index (Phi) is 6.29. The first kappa shape index (κ1) is 18.2. The van der Waals surface area contributed by atoms with Crippen LogP contribution in [-0.4, -0.2) is 42.4 Å². The summed E-state index contributed by atoms with van der Waals surface area (Å²) >= 11 is 0. The van der Waals surface area contributed by atoms with Crippen LogP contribution in [0.15, 0.2) is 0 Å². The maximum Gasteiger partial charge on any atom is 0.161 e. The fourth-order valence-electron chi connectivity index (χ4n) is 3.67. The molecule has 9 atom stereocenters. The molecule has 0 aliphatic carbocycles. The first-order chi connectivity index (χ1) is 10.4. The third-order valence-corrected chi connectivity index (χ3v) is 5.94. The molecule has 130 valence electrons. The van der Waals surface area contributed by atoms with Crippen molar-refractivity contribution in [1.29, 1.82) is 0 Å². The van der Waals surface area contributed by atoms with Crippen molar-refractivity contribution in [2.75, 3.05) is 6.61 Å². The average Bonchev–Trinajstić information content (AvgIpc) is 2.52. The van der Waals surface area contributed by atoms with Crippen LogP contribution in [0.3, 0.4) is 0 Å². The van der Waals surface area contributed by atoms with E-state index < -0.39 is 6.10 Å². The van der Waals surface area contributed by atoms with Crippen LogP contribution in [0.5, 0.6) is 0 Å². The van der Waals surface area contributed by atoms with Gasteiger partial charge in [-0.3, -0.25) is 0 Å². The second-order valence-electron chi connectivity index (χ2n) is 7.38. The van der Waals surface area contributed by atoms with E-state index in [1.165, 1.54) is 0 Å². The lowest BCUT2D eigenvalue weighted by atomic mass is 9.82. The van der Waals surface area contributed by atoms with Crippen LogP contribution in [0.25, 0.3) is 0 Å². The monoisotopic (exact) mass is 314 g/mol. The molecule has 0 aromatic carbocycles. The summed E-state index contributed by atoms with van der Waals surface area (Å²) in [5, 5.41) is 10.3. The van der Waals surface area contributed by atoms with Crippen molar-refractivity contribution in [3.05, 3.63) is 0 Å². The van der Waals surface area contributed by atoms with Gasteiger partial charge < -0.3 is 19.3 Å². The zero-order chi connectivity index (χ0) is 16.4. The summed E-state index contributed by atoms with van der Waals surface area (Å²) in [4.78, 5) is 0. The fraction of sp³-hybridized carbons (Fsp3) is 1.00. The highest BCUT2D eigenvalue weighted by Gasteiger charge is 2.44. The Morgan fingerprint density at radius 1 is 0.955 bits per heavy atom. The summed E-state index contributed by atoms with van der Waals surface area (Å²) in [6, 6.07) is 0. The van der Waals surface area contributed by atoms with Crippen molar-refractivity contribution < 1.29 is 19.3 Å². The zero-order valence-corrected chi connectivity index (χ0v) is 15.0. The van der Waals surface area contributed by atoms with Gasteiger partial charge in [0.2, 0.25) is 0 Å². The normalized spacial score (nSPS) is 50.0. The number of ether oxygens (including phenoxy) is 3. The van der Waals surface area contributed by atoms with Crippen LogP contribution >= 0.6 is 0 Å². The highest BCUT2D eigenvalue weighted by atomic mass is 16.7. The molecular weight excluding hydrogens is 280 g/mol. The molecule has 0 aromatic rings. The number of aliphatic hydroxyl groups is 1. The van der Waals surface area contributed by atoms with E-state index >= 15 is 0 Å². The summed E-state index contributed by atoms with van der Waals surface area (Å²) in [7, 11) is 0. The van der Waals surface area contributed by atoms with E-state index in [4.69, 9.17) is 14.2 Å². The van der Waals surface area contributed by atoms with Crippen molar-refractivity contribution in [2.24, 2.45) is 23.7 Å². The highest BCUT2D eigenvalue weighted by molar-refractivity contribution is 4.88. The number of aliphatic hydroxyl groups excluding tert-OH is 1. The second kappa shape index (κ2) is 7.61. The van der Waals surface area contributed by atoms with Crippen molar-refractivity contribution in [1.82, 2.24) is 0 Å². The van der Waals surface area contributed by atoms with Crippen molar-refractivity contribution in [3.63, 3.8) is 0 Å². The van der Waals surface area contributed by atoms with Crippen LogP contribution < -0.4 is 0 Å². The molecule has 4 nitrogen and oxygen atoms in total. The first-order valence-corrected chi connectivity index (χ1v) is 9.01. The van der Waals surface area contributed by atoms with Crippen molar-refractivity contribution >= 4 is 0 Å². The van der Waals surface area contributed by atoms with Crippen LogP contribution in [0, 0.1) is 23.7 Å². The van der Waals surface area contributed by atoms with E-state index in [2.05, 4.69) is 41.5 Å². The number of rotatable bonds is 4. The summed E-state index contributed by atoms with van der Waals surface area (Å²) in [6.45, 7) is 13.7. The van der Waals surface area contributed by atoms with Gasteiger partial charge in [0, 0.05) is 12.5 Å². The standard InChI is InChI=1S/C18H34O4/c1-7-14-16(19)12(5)13(6)18(21-14)22-17-11(4)10(3)9-20-15(17)8-2/h10-19H,7-9H2,1-6H3/t10?,11-,12-,13?,14?,15?,16-,17-,18+/m1/s1. The van der Waals surface area contributed by atoms with Crippen LogP contribution in [0.1, 0.15) is 54.4 Å². The van der Waals surface area contributed by atoms with Crippen LogP contribution in [0.4, 0.5) is 0 Å². The molecule has 2 aliphatic rings. The van der Waals surface area contributed by atoms with Gasteiger partial charge in [-0.25, -0.2) is 0 Å². The van der Waals surface area contributed by atoms with Crippen LogP contribution in [0.2, 0.25) is 0 Å². The minimum absolute atomic E-state index is 0.0705. The lowest BCUT2D eigenvalue weighted by Gasteiger charge is -2.47. The third-order valence-electron chi connectivity index (χ3n) is 5.94. The lowest BCUT2D eigenvalue weighted by Crippen LogP contribution is -2.54. The Bertz CT molecular complexity index is 344.